The number of anilines is 1. The topological polar surface area (TPSA) is 86.7 Å². The number of benzene rings is 1. The Morgan fingerprint density at radius 2 is 1.85 bits per heavy atom. The average Bonchev–Trinajstić information content (AvgIpc) is 2.46. The summed E-state index contributed by atoms with van der Waals surface area (Å²) in [5.41, 5.74) is 0.564. The van der Waals surface area contributed by atoms with E-state index < -0.39 is 5.97 Å². The smallest absolute Gasteiger partial charge is 0.305 e. The van der Waals surface area contributed by atoms with E-state index in [0.29, 0.717) is 12.1 Å². The van der Waals surface area contributed by atoms with Gasteiger partial charge in [0.15, 0.2) is 0 Å². The molecule has 0 saturated heterocycles. The van der Waals surface area contributed by atoms with Gasteiger partial charge in [-0.05, 0) is 37.5 Å². The highest BCUT2D eigenvalue weighted by atomic mass is 35.5. The zero-order chi connectivity index (χ0) is 20.1. The molecule has 0 aliphatic carbocycles. The summed E-state index contributed by atoms with van der Waals surface area (Å²) in [6, 6.07) is 4.53. The number of hydrogen-bond acceptors (Lipinski definition) is 3. The third-order valence-corrected chi connectivity index (χ3v) is 3.95. The maximum atomic E-state index is 12.8. The van der Waals surface area contributed by atoms with Crippen molar-refractivity contribution in [3.05, 3.63) is 28.8 Å². The second kappa shape index (κ2) is 9.03. The fourth-order valence-corrected chi connectivity index (χ4v) is 2.62. The summed E-state index contributed by atoms with van der Waals surface area (Å²) >= 11 is 6.17. The lowest BCUT2D eigenvalue weighted by Gasteiger charge is -2.27. The van der Waals surface area contributed by atoms with Crippen LogP contribution in [0.4, 0.5) is 5.69 Å². The lowest BCUT2D eigenvalue weighted by molar-refractivity contribution is -0.137. The average molecular weight is 383 g/mol. The summed E-state index contributed by atoms with van der Waals surface area (Å²) in [6.45, 7) is 9.60. The number of nitrogens with zero attached hydrogens (tertiary/aromatic N) is 1. The maximum absolute atomic E-state index is 12.8. The van der Waals surface area contributed by atoms with Crippen LogP contribution in [-0.4, -0.2) is 40.4 Å². The maximum Gasteiger partial charge on any atom is 0.305 e. The number of rotatable bonds is 7. The van der Waals surface area contributed by atoms with Crippen LogP contribution in [-0.2, 0) is 9.59 Å². The number of carbonyl (C=O) groups is 3. The molecular formula is C19H27ClN2O4. The second-order valence-electron chi connectivity index (χ2n) is 7.72. The van der Waals surface area contributed by atoms with E-state index >= 15 is 0 Å². The van der Waals surface area contributed by atoms with E-state index in [0.717, 1.165) is 0 Å². The van der Waals surface area contributed by atoms with Crippen molar-refractivity contribution in [2.75, 3.05) is 11.9 Å². The molecule has 0 saturated carbocycles. The van der Waals surface area contributed by atoms with E-state index in [1.54, 1.807) is 12.1 Å². The van der Waals surface area contributed by atoms with Gasteiger partial charge < -0.3 is 15.3 Å². The molecule has 7 heteroatoms. The van der Waals surface area contributed by atoms with E-state index in [1.807, 2.05) is 34.6 Å². The van der Waals surface area contributed by atoms with Gasteiger partial charge in [0.2, 0.25) is 5.91 Å². The van der Waals surface area contributed by atoms with Crippen molar-refractivity contribution in [3.63, 3.8) is 0 Å². The van der Waals surface area contributed by atoms with E-state index in [1.165, 1.54) is 11.0 Å². The number of carboxylic acids is 1. The highest BCUT2D eigenvalue weighted by Crippen LogP contribution is 2.25. The molecule has 144 valence electrons. The van der Waals surface area contributed by atoms with Crippen LogP contribution in [0.2, 0.25) is 5.02 Å². The molecule has 26 heavy (non-hydrogen) atoms. The molecule has 0 spiro atoms. The minimum atomic E-state index is -0.974. The summed E-state index contributed by atoms with van der Waals surface area (Å²) < 4.78 is 0. The second-order valence-corrected chi connectivity index (χ2v) is 8.12. The Labute approximate surface area is 159 Å². The van der Waals surface area contributed by atoms with Crippen LogP contribution in [0.5, 0.6) is 0 Å². The van der Waals surface area contributed by atoms with Crippen LogP contribution < -0.4 is 5.32 Å². The number of aliphatic carboxylic acids is 1. The summed E-state index contributed by atoms with van der Waals surface area (Å²) in [4.78, 5) is 37.2. The molecule has 2 amide bonds. The Hall–Kier alpha value is -2.08. The molecule has 0 aliphatic heterocycles. The van der Waals surface area contributed by atoms with Gasteiger partial charge in [-0.3, -0.25) is 14.4 Å². The monoisotopic (exact) mass is 382 g/mol. The Kier molecular flexibility index (Phi) is 7.63. The molecule has 0 radical (unpaired) electrons. The highest BCUT2D eigenvalue weighted by molar-refractivity contribution is 6.34. The summed E-state index contributed by atoms with van der Waals surface area (Å²) in [7, 11) is 0. The normalized spacial score (nSPS) is 11.3. The fraction of sp³-hybridized carbons (Fsp3) is 0.526. The molecule has 1 aromatic carbocycles. The molecule has 1 rings (SSSR count). The largest absolute Gasteiger partial charge is 0.481 e. The zero-order valence-electron chi connectivity index (χ0n) is 15.9. The third kappa shape index (κ3) is 7.04. The van der Waals surface area contributed by atoms with Crippen molar-refractivity contribution in [1.29, 1.82) is 0 Å². The summed E-state index contributed by atoms with van der Waals surface area (Å²) in [5.74, 6) is -1.49. The quantitative estimate of drug-likeness (QED) is 0.745. The van der Waals surface area contributed by atoms with Gasteiger partial charge in [-0.2, -0.15) is 0 Å². The van der Waals surface area contributed by atoms with Crippen LogP contribution in [0.25, 0.3) is 0 Å². The number of halogens is 1. The lowest BCUT2D eigenvalue weighted by Crippen LogP contribution is -2.38. The number of hydrogen-bond donors (Lipinski definition) is 2. The molecule has 1 aromatic rings. The van der Waals surface area contributed by atoms with Gasteiger partial charge in [-0.25, -0.2) is 0 Å². The predicted octanol–water partition coefficient (Wildman–Crippen LogP) is 4.04. The predicted molar refractivity (Wildman–Crippen MR) is 103 cm³/mol. The Bertz CT molecular complexity index is 681. The zero-order valence-corrected chi connectivity index (χ0v) is 16.7. The number of amides is 2. The fourth-order valence-electron chi connectivity index (χ4n) is 2.42. The molecule has 6 nitrogen and oxygen atoms in total. The van der Waals surface area contributed by atoms with Crippen molar-refractivity contribution in [1.82, 2.24) is 4.90 Å². The van der Waals surface area contributed by atoms with Crippen molar-refractivity contribution in [3.8, 4) is 0 Å². The van der Waals surface area contributed by atoms with Gasteiger partial charge >= 0.3 is 5.97 Å². The molecular weight excluding hydrogens is 356 g/mol. The van der Waals surface area contributed by atoms with Crippen molar-refractivity contribution >= 4 is 35.1 Å². The molecule has 0 unspecified atom stereocenters. The first-order chi connectivity index (χ1) is 11.9. The van der Waals surface area contributed by atoms with Crippen molar-refractivity contribution in [2.24, 2.45) is 5.41 Å². The highest BCUT2D eigenvalue weighted by Gasteiger charge is 2.23. The van der Waals surface area contributed by atoms with Crippen LogP contribution in [0, 0.1) is 5.41 Å². The van der Waals surface area contributed by atoms with E-state index in [4.69, 9.17) is 16.7 Å². The van der Waals surface area contributed by atoms with Crippen LogP contribution in [0.1, 0.15) is 57.8 Å². The molecule has 0 atom stereocenters. The molecule has 0 aromatic heterocycles. The molecule has 2 N–H and O–H groups in total. The molecule has 0 fully saturated rings. The standard InChI is InChI=1S/C19H27ClN2O4/c1-12(2)22(9-8-17(24)25)18(26)14-10-13(6-7-15(14)20)21-16(23)11-19(3,4)5/h6-7,10,12H,8-9,11H2,1-5H3,(H,21,23)(H,24,25). The van der Waals surface area contributed by atoms with Crippen molar-refractivity contribution < 1.29 is 19.5 Å². The summed E-state index contributed by atoms with van der Waals surface area (Å²) in [5, 5.41) is 11.9. The van der Waals surface area contributed by atoms with E-state index in [2.05, 4.69) is 5.32 Å². The number of carboxylic acid groups (broad SMARTS) is 1. The van der Waals surface area contributed by atoms with E-state index in [-0.39, 0.29) is 46.8 Å². The molecule has 0 heterocycles. The van der Waals surface area contributed by atoms with E-state index in [9.17, 15) is 14.4 Å². The minimum absolute atomic E-state index is 0.0861. The van der Waals surface area contributed by atoms with Gasteiger partial charge in [-0.1, -0.05) is 32.4 Å². The van der Waals surface area contributed by atoms with Gasteiger partial charge in [0.1, 0.15) is 0 Å². The Balaban J connectivity index is 3.02. The Morgan fingerprint density at radius 3 is 2.35 bits per heavy atom. The lowest BCUT2D eigenvalue weighted by atomic mass is 9.92. The van der Waals surface area contributed by atoms with Crippen LogP contribution in [0.3, 0.4) is 0 Å². The first-order valence-electron chi connectivity index (χ1n) is 8.53. The Morgan fingerprint density at radius 1 is 1.23 bits per heavy atom. The third-order valence-electron chi connectivity index (χ3n) is 3.62. The van der Waals surface area contributed by atoms with Gasteiger partial charge in [0, 0.05) is 24.7 Å². The number of carbonyl (C=O) groups excluding carboxylic acids is 2. The van der Waals surface area contributed by atoms with Crippen LogP contribution in [0.15, 0.2) is 18.2 Å². The molecule has 0 bridgehead atoms. The first kappa shape index (κ1) is 22.0. The van der Waals surface area contributed by atoms with Gasteiger partial charge in [0.05, 0.1) is 17.0 Å². The molecule has 0 aliphatic rings. The summed E-state index contributed by atoms with van der Waals surface area (Å²) in [6.07, 6.45) is 0.194. The van der Waals surface area contributed by atoms with Crippen molar-refractivity contribution in [2.45, 2.75) is 53.5 Å². The van der Waals surface area contributed by atoms with Crippen LogP contribution >= 0.6 is 11.6 Å². The van der Waals surface area contributed by atoms with Gasteiger partial charge in [-0.15, -0.1) is 0 Å². The van der Waals surface area contributed by atoms with Gasteiger partial charge in [0.25, 0.3) is 5.91 Å². The SMILES string of the molecule is CC(C)N(CCC(=O)O)C(=O)c1cc(NC(=O)CC(C)(C)C)ccc1Cl. The number of nitrogens with one attached hydrogen (secondary N) is 1. The minimum Gasteiger partial charge on any atom is -0.481 e. The first-order valence-corrected chi connectivity index (χ1v) is 8.90.